The standard InChI is InChI=1S/C18H32N6O6/c1-11(23-17(28)12(20)5-2-3-7-19)16(27)22-9-14(25)21-10-15(26)24-8-4-6-13(24)18(29)30/h11-13H,2-10,19-20H2,1H3,(H,21,25)(H,22,27)(H,23,28)(H,29,30)/t11-,12-,13-/m0/s1. The van der Waals surface area contributed by atoms with E-state index in [9.17, 15) is 24.0 Å². The Morgan fingerprint density at radius 2 is 1.80 bits per heavy atom. The molecule has 0 aromatic carbocycles. The maximum absolute atomic E-state index is 12.1. The highest BCUT2D eigenvalue weighted by Crippen LogP contribution is 2.17. The van der Waals surface area contributed by atoms with Gasteiger partial charge in [0.1, 0.15) is 12.1 Å². The van der Waals surface area contributed by atoms with Crippen LogP contribution >= 0.6 is 0 Å². The maximum Gasteiger partial charge on any atom is 0.326 e. The number of nitrogens with two attached hydrogens (primary N) is 2. The fourth-order valence-electron chi connectivity index (χ4n) is 3.01. The van der Waals surface area contributed by atoms with Crippen molar-refractivity contribution in [3.8, 4) is 0 Å². The van der Waals surface area contributed by atoms with Gasteiger partial charge in [-0.3, -0.25) is 19.2 Å². The number of carbonyl (C=O) groups is 5. The van der Waals surface area contributed by atoms with Crippen molar-refractivity contribution in [2.75, 3.05) is 26.2 Å². The number of hydrogen-bond acceptors (Lipinski definition) is 7. The first-order valence-electron chi connectivity index (χ1n) is 10.00. The lowest BCUT2D eigenvalue weighted by atomic mass is 10.1. The normalized spacial score (nSPS) is 17.7. The Morgan fingerprint density at radius 1 is 1.10 bits per heavy atom. The molecule has 12 heteroatoms. The van der Waals surface area contributed by atoms with Crippen LogP contribution in [0.2, 0.25) is 0 Å². The van der Waals surface area contributed by atoms with Gasteiger partial charge in [0.2, 0.25) is 23.6 Å². The lowest BCUT2D eigenvalue weighted by molar-refractivity contribution is -0.148. The molecule has 3 atom stereocenters. The van der Waals surface area contributed by atoms with Gasteiger partial charge in [-0.2, -0.15) is 0 Å². The Morgan fingerprint density at radius 3 is 2.43 bits per heavy atom. The second-order valence-corrected chi connectivity index (χ2v) is 7.20. The van der Waals surface area contributed by atoms with Crippen LogP contribution in [0.25, 0.3) is 0 Å². The Balaban J connectivity index is 2.31. The largest absolute Gasteiger partial charge is 0.480 e. The number of likely N-dealkylation sites (tertiary alicyclic amines) is 1. The molecule has 12 nitrogen and oxygen atoms in total. The fraction of sp³-hybridized carbons (Fsp3) is 0.722. The molecule has 170 valence electrons. The van der Waals surface area contributed by atoms with Crippen LogP contribution in [-0.2, 0) is 24.0 Å². The van der Waals surface area contributed by atoms with Crippen molar-refractivity contribution in [2.24, 2.45) is 11.5 Å². The van der Waals surface area contributed by atoms with Gasteiger partial charge in [-0.25, -0.2) is 4.79 Å². The summed E-state index contributed by atoms with van der Waals surface area (Å²) < 4.78 is 0. The summed E-state index contributed by atoms with van der Waals surface area (Å²) in [6.07, 6.45) is 2.88. The summed E-state index contributed by atoms with van der Waals surface area (Å²) in [6.45, 7) is 1.55. The summed E-state index contributed by atoms with van der Waals surface area (Å²) in [4.78, 5) is 60.2. The Bertz CT molecular complexity index is 643. The van der Waals surface area contributed by atoms with Crippen LogP contribution < -0.4 is 27.4 Å². The summed E-state index contributed by atoms with van der Waals surface area (Å²) in [6, 6.07) is -2.52. The summed E-state index contributed by atoms with van der Waals surface area (Å²) in [5.41, 5.74) is 11.1. The minimum Gasteiger partial charge on any atom is -0.480 e. The van der Waals surface area contributed by atoms with Crippen LogP contribution in [0, 0.1) is 0 Å². The van der Waals surface area contributed by atoms with E-state index in [1.165, 1.54) is 11.8 Å². The smallest absolute Gasteiger partial charge is 0.326 e. The van der Waals surface area contributed by atoms with Crippen molar-refractivity contribution in [3.63, 3.8) is 0 Å². The molecule has 30 heavy (non-hydrogen) atoms. The molecule has 0 aromatic heterocycles. The summed E-state index contributed by atoms with van der Waals surface area (Å²) >= 11 is 0. The number of unbranched alkanes of at least 4 members (excludes halogenated alkanes) is 1. The lowest BCUT2D eigenvalue weighted by Crippen LogP contribution is -2.52. The molecule has 1 fully saturated rings. The molecule has 0 aromatic rings. The van der Waals surface area contributed by atoms with Crippen molar-refractivity contribution < 1.29 is 29.1 Å². The van der Waals surface area contributed by atoms with Gasteiger partial charge in [-0.1, -0.05) is 6.42 Å². The van der Waals surface area contributed by atoms with Crippen molar-refractivity contribution in [1.29, 1.82) is 0 Å². The van der Waals surface area contributed by atoms with Crippen LogP contribution in [0.1, 0.15) is 39.0 Å². The minimum absolute atomic E-state index is 0.327. The van der Waals surface area contributed by atoms with E-state index in [0.717, 1.165) is 6.42 Å². The van der Waals surface area contributed by atoms with E-state index < -0.39 is 54.3 Å². The van der Waals surface area contributed by atoms with Gasteiger partial charge >= 0.3 is 5.97 Å². The molecular weight excluding hydrogens is 396 g/mol. The molecule has 0 aliphatic carbocycles. The third-order valence-corrected chi connectivity index (χ3v) is 4.78. The molecule has 1 saturated heterocycles. The molecule has 0 radical (unpaired) electrons. The lowest BCUT2D eigenvalue weighted by Gasteiger charge is -2.21. The molecule has 1 aliphatic rings. The van der Waals surface area contributed by atoms with Crippen molar-refractivity contribution in [3.05, 3.63) is 0 Å². The van der Waals surface area contributed by atoms with Gasteiger partial charge in [0.15, 0.2) is 0 Å². The zero-order valence-electron chi connectivity index (χ0n) is 17.2. The quantitative estimate of drug-likeness (QED) is 0.180. The average Bonchev–Trinajstić information content (AvgIpc) is 3.20. The zero-order chi connectivity index (χ0) is 22.7. The number of carboxylic acid groups (broad SMARTS) is 1. The first-order valence-corrected chi connectivity index (χ1v) is 10.00. The van der Waals surface area contributed by atoms with Crippen LogP contribution in [0.15, 0.2) is 0 Å². The number of rotatable bonds is 12. The average molecular weight is 428 g/mol. The van der Waals surface area contributed by atoms with E-state index in [2.05, 4.69) is 16.0 Å². The monoisotopic (exact) mass is 428 g/mol. The highest BCUT2D eigenvalue weighted by Gasteiger charge is 2.33. The molecule has 0 saturated carbocycles. The molecule has 0 bridgehead atoms. The molecule has 0 unspecified atom stereocenters. The maximum atomic E-state index is 12.1. The van der Waals surface area contributed by atoms with Gasteiger partial charge in [-0.05, 0) is 39.2 Å². The Kier molecular flexibility index (Phi) is 10.8. The summed E-state index contributed by atoms with van der Waals surface area (Å²) in [7, 11) is 0. The van der Waals surface area contributed by atoms with E-state index in [0.29, 0.717) is 38.8 Å². The van der Waals surface area contributed by atoms with Gasteiger partial charge in [-0.15, -0.1) is 0 Å². The first-order chi connectivity index (χ1) is 14.2. The van der Waals surface area contributed by atoms with E-state index in [1.807, 2.05) is 0 Å². The third kappa shape index (κ3) is 8.33. The molecule has 4 amide bonds. The Hall–Kier alpha value is -2.73. The number of hydrogen-bond donors (Lipinski definition) is 6. The number of amides is 4. The van der Waals surface area contributed by atoms with Crippen molar-refractivity contribution in [2.45, 2.75) is 57.2 Å². The van der Waals surface area contributed by atoms with Gasteiger partial charge in [0.25, 0.3) is 0 Å². The van der Waals surface area contributed by atoms with Crippen molar-refractivity contribution >= 4 is 29.6 Å². The van der Waals surface area contributed by atoms with E-state index in [-0.39, 0.29) is 6.54 Å². The SMILES string of the molecule is C[C@H](NC(=O)[C@@H](N)CCCCN)C(=O)NCC(=O)NCC(=O)N1CCC[C@H]1C(=O)O. The van der Waals surface area contributed by atoms with Gasteiger partial charge in [0.05, 0.1) is 19.1 Å². The number of carboxylic acids is 1. The highest BCUT2D eigenvalue weighted by molar-refractivity contribution is 5.92. The topological polar surface area (TPSA) is 197 Å². The van der Waals surface area contributed by atoms with E-state index in [4.69, 9.17) is 16.6 Å². The summed E-state index contributed by atoms with van der Waals surface area (Å²) in [5.74, 6) is -3.23. The second-order valence-electron chi connectivity index (χ2n) is 7.20. The van der Waals surface area contributed by atoms with Crippen molar-refractivity contribution in [1.82, 2.24) is 20.9 Å². The van der Waals surface area contributed by atoms with E-state index in [1.54, 1.807) is 0 Å². The predicted octanol–water partition coefficient (Wildman–Crippen LogP) is -2.74. The first kappa shape index (κ1) is 25.3. The van der Waals surface area contributed by atoms with Crippen LogP contribution in [0.4, 0.5) is 0 Å². The Labute approximate surface area is 175 Å². The number of nitrogens with zero attached hydrogens (tertiary/aromatic N) is 1. The number of aliphatic carboxylic acids is 1. The second kappa shape index (κ2) is 12.8. The van der Waals surface area contributed by atoms with E-state index >= 15 is 0 Å². The molecule has 0 spiro atoms. The third-order valence-electron chi connectivity index (χ3n) is 4.78. The predicted molar refractivity (Wildman–Crippen MR) is 107 cm³/mol. The molecular formula is C18H32N6O6. The molecule has 8 N–H and O–H groups in total. The molecule has 1 rings (SSSR count). The fourth-order valence-corrected chi connectivity index (χ4v) is 3.01. The minimum atomic E-state index is -1.07. The summed E-state index contributed by atoms with van der Waals surface area (Å²) in [5, 5.41) is 16.3. The van der Waals surface area contributed by atoms with Crippen LogP contribution in [0.3, 0.4) is 0 Å². The highest BCUT2D eigenvalue weighted by atomic mass is 16.4. The van der Waals surface area contributed by atoms with Gasteiger partial charge in [0, 0.05) is 6.54 Å². The number of carbonyl (C=O) groups excluding carboxylic acids is 4. The number of nitrogens with one attached hydrogen (secondary N) is 3. The zero-order valence-corrected chi connectivity index (χ0v) is 17.2. The van der Waals surface area contributed by atoms with Crippen LogP contribution in [-0.4, -0.2) is 83.9 Å². The van der Waals surface area contributed by atoms with Gasteiger partial charge < -0.3 is 37.4 Å². The molecule has 1 aliphatic heterocycles. The van der Waals surface area contributed by atoms with Crippen LogP contribution in [0.5, 0.6) is 0 Å². The molecule has 1 heterocycles.